The number of hydrogen-bond acceptors (Lipinski definition) is 4. The Labute approximate surface area is 148 Å². The van der Waals surface area contributed by atoms with Gasteiger partial charge in [-0.1, -0.05) is 0 Å². The summed E-state index contributed by atoms with van der Waals surface area (Å²) in [5, 5.41) is 0. The first kappa shape index (κ1) is 17.2. The molecule has 2 aliphatic rings. The summed E-state index contributed by atoms with van der Waals surface area (Å²) in [7, 11) is 0. The van der Waals surface area contributed by atoms with E-state index in [0.29, 0.717) is 25.6 Å². The molecule has 1 aromatic carbocycles. The normalized spacial score (nSPS) is 18.3. The Hall–Kier alpha value is -1.62. The maximum absolute atomic E-state index is 12.6. The van der Waals surface area contributed by atoms with Gasteiger partial charge in [0.15, 0.2) is 11.5 Å². The first-order valence-electron chi connectivity index (χ1n) is 8.51. The maximum Gasteiger partial charge on any atom is 0.229 e. The Kier molecular flexibility index (Phi) is 5.09. The van der Waals surface area contributed by atoms with E-state index in [2.05, 4.69) is 11.0 Å². The molecular formula is C18H25ClN2O3. The summed E-state index contributed by atoms with van der Waals surface area (Å²) >= 11 is 5.96. The van der Waals surface area contributed by atoms with Crippen LogP contribution in [-0.2, 0) is 4.79 Å². The van der Waals surface area contributed by atoms with Crippen molar-refractivity contribution in [3.63, 3.8) is 0 Å². The lowest BCUT2D eigenvalue weighted by Gasteiger charge is -2.30. The monoisotopic (exact) mass is 352 g/mol. The number of hydrogen-bond donors (Lipinski definition) is 0. The van der Waals surface area contributed by atoms with Gasteiger partial charge < -0.3 is 19.3 Å². The van der Waals surface area contributed by atoms with Gasteiger partial charge in [0.25, 0.3) is 0 Å². The molecule has 0 N–H and O–H groups in total. The maximum atomic E-state index is 12.6. The molecule has 3 rings (SSSR count). The zero-order valence-corrected chi connectivity index (χ0v) is 15.1. The van der Waals surface area contributed by atoms with Gasteiger partial charge in [0, 0.05) is 43.8 Å². The van der Waals surface area contributed by atoms with Gasteiger partial charge in [-0.15, -0.1) is 11.6 Å². The lowest BCUT2D eigenvalue weighted by molar-refractivity contribution is -0.139. The molecule has 1 saturated heterocycles. The molecule has 24 heavy (non-hydrogen) atoms. The third-order valence-electron chi connectivity index (χ3n) is 4.59. The molecule has 0 spiro atoms. The lowest BCUT2D eigenvalue weighted by atomic mass is 9.94. The van der Waals surface area contributed by atoms with Crippen LogP contribution < -0.4 is 14.4 Å². The first-order chi connectivity index (χ1) is 11.5. The van der Waals surface area contributed by atoms with Crippen LogP contribution in [0.2, 0.25) is 0 Å². The van der Waals surface area contributed by atoms with Crippen molar-refractivity contribution in [3.8, 4) is 11.5 Å². The van der Waals surface area contributed by atoms with Gasteiger partial charge in [0.2, 0.25) is 5.91 Å². The standard InChI is InChI=1S/C18H25ClN2O3/c1-18(2,13-19)17(22)21-7-3-6-20(8-9-21)14-4-5-15-16(12-14)24-11-10-23-15/h4-5,12H,3,6-11,13H2,1-2H3. The van der Waals surface area contributed by atoms with Gasteiger partial charge in [-0.2, -0.15) is 0 Å². The van der Waals surface area contributed by atoms with Crippen LogP contribution in [0, 0.1) is 5.41 Å². The van der Waals surface area contributed by atoms with Crippen molar-refractivity contribution in [2.45, 2.75) is 20.3 Å². The second-order valence-corrected chi connectivity index (χ2v) is 7.25. The summed E-state index contributed by atoms with van der Waals surface area (Å²) in [6.07, 6.45) is 0.943. The van der Waals surface area contributed by atoms with Crippen LogP contribution in [0.15, 0.2) is 18.2 Å². The number of amides is 1. The average Bonchev–Trinajstić information content (AvgIpc) is 2.86. The molecule has 0 atom stereocenters. The number of anilines is 1. The Morgan fingerprint density at radius 3 is 2.62 bits per heavy atom. The molecule has 0 saturated carbocycles. The zero-order valence-electron chi connectivity index (χ0n) is 14.4. The molecule has 6 heteroatoms. The Morgan fingerprint density at radius 2 is 1.88 bits per heavy atom. The number of carbonyl (C=O) groups excluding carboxylic acids is 1. The van der Waals surface area contributed by atoms with Crippen LogP contribution in [0.4, 0.5) is 5.69 Å². The predicted octanol–water partition coefficient (Wildman–Crippen LogP) is 2.76. The number of carbonyl (C=O) groups is 1. The van der Waals surface area contributed by atoms with Crippen molar-refractivity contribution < 1.29 is 14.3 Å². The summed E-state index contributed by atoms with van der Waals surface area (Å²) in [4.78, 5) is 16.9. The highest BCUT2D eigenvalue weighted by atomic mass is 35.5. The fraction of sp³-hybridized carbons (Fsp3) is 0.611. The third kappa shape index (κ3) is 3.56. The van der Waals surface area contributed by atoms with Crippen molar-refractivity contribution in [1.82, 2.24) is 4.90 Å². The van der Waals surface area contributed by atoms with Crippen molar-refractivity contribution in [1.29, 1.82) is 0 Å². The molecule has 1 fully saturated rings. The smallest absolute Gasteiger partial charge is 0.229 e. The molecule has 0 aliphatic carbocycles. The summed E-state index contributed by atoms with van der Waals surface area (Å²) in [6.45, 7) is 8.23. The predicted molar refractivity (Wildman–Crippen MR) is 95.3 cm³/mol. The van der Waals surface area contributed by atoms with Crippen molar-refractivity contribution >= 4 is 23.2 Å². The highest BCUT2D eigenvalue weighted by Gasteiger charge is 2.32. The third-order valence-corrected chi connectivity index (χ3v) is 5.26. The van der Waals surface area contributed by atoms with Crippen molar-refractivity contribution in [3.05, 3.63) is 18.2 Å². The number of benzene rings is 1. The number of rotatable bonds is 3. The Balaban J connectivity index is 1.68. The average molecular weight is 353 g/mol. The molecule has 0 bridgehead atoms. The number of ether oxygens (including phenoxy) is 2. The number of nitrogens with zero attached hydrogens (tertiary/aromatic N) is 2. The summed E-state index contributed by atoms with van der Waals surface area (Å²) < 4.78 is 11.3. The second-order valence-electron chi connectivity index (χ2n) is 6.98. The van der Waals surface area contributed by atoms with Gasteiger partial charge in [-0.3, -0.25) is 4.79 Å². The fourth-order valence-electron chi connectivity index (χ4n) is 3.09. The number of fused-ring (bicyclic) bond motifs is 1. The molecule has 132 valence electrons. The largest absolute Gasteiger partial charge is 0.486 e. The van der Waals surface area contributed by atoms with E-state index in [9.17, 15) is 4.79 Å². The highest BCUT2D eigenvalue weighted by molar-refractivity contribution is 6.19. The van der Waals surface area contributed by atoms with E-state index in [1.807, 2.05) is 30.9 Å². The molecule has 0 aromatic heterocycles. The number of halogens is 1. The van der Waals surface area contributed by atoms with E-state index < -0.39 is 5.41 Å². The zero-order chi connectivity index (χ0) is 17.2. The van der Waals surface area contributed by atoms with Crippen molar-refractivity contribution in [2.75, 3.05) is 50.2 Å². The first-order valence-corrected chi connectivity index (χ1v) is 9.05. The summed E-state index contributed by atoms with van der Waals surface area (Å²) in [6, 6.07) is 6.07. The fourth-order valence-corrected chi connectivity index (χ4v) is 3.21. The van der Waals surface area contributed by atoms with E-state index in [1.54, 1.807) is 0 Å². The van der Waals surface area contributed by atoms with E-state index in [1.165, 1.54) is 0 Å². The minimum Gasteiger partial charge on any atom is -0.486 e. The molecule has 1 aromatic rings. The van der Waals surface area contributed by atoms with E-state index >= 15 is 0 Å². The van der Waals surface area contributed by atoms with Crippen LogP contribution in [0.1, 0.15) is 20.3 Å². The van der Waals surface area contributed by atoms with E-state index in [0.717, 1.165) is 43.2 Å². The van der Waals surface area contributed by atoms with Gasteiger partial charge >= 0.3 is 0 Å². The number of alkyl halides is 1. The molecule has 2 heterocycles. The molecule has 5 nitrogen and oxygen atoms in total. The van der Waals surface area contributed by atoms with E-state index in [4.69, 9.17) is 21.1 Å². The SMILES string of the molecule is CC(C)(CCl)C(=O)N1CCCN(c2ccc3c(c2)OCCO3)CC1. The summed E-state index contributed by atoms with van der Waals surface area (Å²) in [5.41, 5.74) is 0.610. The molecule has 1 amide bonds. The Morgan fingerprint density at radius 1 is 1.12 bits per heavy atom. The minimum atomic E-state index is -0.506. The second kappa shape index (κ2) is 7.09. The topological polar surface area (TPSA) is 42.0 Å². The molecule has 0 radical (unpaired) electrons. The van der Waals surface area contributed by atoms with Crippen LogP contribution in [0.3, 0.4) is 0 Å². The van der Waals surface area contributed by atoms with Crippen LogP contribution in [0.25, 0.3) is 0 Å². The van der Waals surface area contributed by atoms with Crippen LogP contribution in [0.5, 0.6) is 11.5 Å². The molecule has 2 aliphatic heterocycles. The molecular weight excluding hydrogens is 328 g/mol. The lowest BCUT2D eigenvalue weighted by Crippen LogP contribution is -2.43. The quantitative estimate of drug-likeness (QED) is 0.784. The van der Waals surface area contributed by atoms with E-state index in [-0.39, 0.29) is 5.91 Å². The van der Waals surface area contributed by atoms with Gasteiger partial charge in [-0.05, 0) is 32.4 Å². The minimum absolute atomic E-state index is 0.140. The van der Waals surface area contributed by atoms with Gasteiger partial charge in [-0.25, -0.2) is 0 Å². The van der Waals surface area contributed by atoms with Crippen LogP contribution in [-0.4, -0.2) is 56.1 Å². The Bertz CT molecular complexity index is 606. The van der Waals surface area contributed by atoms with Gasteiger partial charge in [0.1, 0.15) is 13.2 Å². The molecule has 0 unspecified atom stereocenters. The van der Waals surface area contributed by atoms with Crippen LogP contribution >= 0.6 is 11.6 Å². The highest BCUT2D eigenvalue weighted by Crippen LogP contribution is 2.34. The van der Waals surface area contributed by atoms with Crippen molar-refractivity contribution in [2.24, 2.45) is 5.41 Å². The summed E-state index contributed by atoms with van der Waals surface area (Å²) in [5.74, 6) is 2.09. The van der Waals surface area contributed by atoms with Gasteiger partial charge in [0.05, 0.1) is 5.41 Å².